The lowest BCUT2D eigenvalue weighted by molar-refractivity contribution is -0.135. The van der Waals surface area contributed by atoms with Crippen molar-refractivity contribution in [2.24, 2.45) is 0 Å². The van der Waals surface area contributed by atoms with Gasteiger partial charge in [0.25, 0.3) is 5.91 Å². The van der Waals surface area contributed by atoms with E-state index in [-0.39, 0.29) is 30.7 Å². The Bertz CT molecular complexity index is 783. The van der Waals surface area contributed by atoms with Crippen molar-refractivity contribution in [2.45, 2.75) is 24.9 Å². The van der Waals surface area contributed by atoms with Crippen molar-refractivity contribution >= 4 is 17.7 Å². The van der Waals surface area contributed by atoms with Gasteiger partial charge in [0.1, 0.15) is 17.1 Å². The summed E-state index contributed by atoms with van der Waals surface area (Å²) in [6.07, 6.45) is 1.21. The maximum Gasteiger partial charge on any atom is 0.255 e. The van der Waals surface area contributed by atoms with Crippen LogP contribution in [-0.4, -0.2) is 75.2 Å². The maximum absolute atomic E-state index is 12.5. The van der Waals surface area contributed by atoms with E-state index < -0.39 is 5.60 Å². The molecule has 1 fully saturated rings. The van der Waals surface area contributed by atoms with Gasteiger partial charge < -0.3 is 29.7 Å². The Hall–Kier alpha value is -2.81. The fourth-order valence-electron chi connectivity index (χ4n) is 3.56. The number of carbonyl (C=O) groups is 3. The summed E-state index contributed by atoms with van der Waals surface area (Å²) in [5.41, 5.74) is -0.293. The third-order valence-electron chi connectivity index (χ3n) is 5.28. The van der Waals surface area contributed by atoms with E-state index >= 15 is 0 Å². The smallest absolute Gasteiger partial charge is 0.255 e. The molecule has 1 aromatic rings. The second kappa shape index (κ2) is 9.13. The molecule has 0 saturated carbocycles. The number of hydrogen-bond acceptors (Lipinski definition) is 6. The van der Waals surface area contributed by atoms with Crippen LogP contribution in [0.1, 0.15) is 29.6 Å². The van der Waals surface area contributed by atoms with Crippen LogP contribution in [0.5, 0.6) is 11.5 Å². The molecular weight excluding hydrogens is 378 g/mol. The molecule has 0 aromatic heterocycles. The molecule has 158 valence electrons. The molecule has 2 aliphatic rings. The van der Waals surface area contributed by atoms with Crippen LogP contribution in [0.2, 0.25) is 0 Å². The van der Waals surface area contributed by atoms with Gasteiger partial charge in [0.2, 0.25) is 11.8 Å². The Morgan fingerprint density at radius 3 is 2.90 bits per heavy atom. The summed E-state index contributed by atoms with van der Waals surface area (Å²) >= 11 is 0. The zero-order valence-electron chi connectivity index (χ0n) is 16.8. The summed E-state index contributed by atoms with van der Waals surface area (Å²) in [5, 5.41) is 5.63. The largest absolute Gasteiger partial charge is 0.497 e. The van der Waals surface area contributed by atoms with Crippen molar-refractivity contribution in [1.29, 1.82) is 0 Å². The number of methoxy groups -OCH3 is 2. The number of rotatable bonds is 6. The molecule has 1 atom stereocenters. The van der Waals surface area contributed by atoms with Gasteiger partial charge >= 0.3 is 0 Å². The lowest BCUT2D eigenvalue weighted by Gasteiger charge is -2.32. The topological polar surface area (TPSA) is 106 Å². The van der Waals surface area contributed by atoms with Crippen LogP contribution in [-0.2, 0) is 14.3 Å². The van der Waals surface area contributed by atoms with E-state index in [1.807, 2.05) is 0 Å². The summed E-state index contributed by atoms with van der Waals surface area (Å²) in [6, 6.07) is 5.10. The fourth-order valence-corrected chi connectivity index (χ4v) is 3.56. The number of fused-ring (bicyclic) bond motifs is 1. The van der Waals surface area contributed by atoms with Crippen LogP contribution >= 0.6 is 0 Å². The van der Waals surface area contributed by atoms with Crippen molar-refractivity contribution in [3.8, 4) is 11.5 Å². The summed E-state index contributed by atoms with van der Waals surface area (Å²) in [5.74, 6) is 0.483. The number of likely N-dealkylation sites (tertiary alicyclic amines) is 1. The average molecular weight is 405 g/mol. The Labute approximate surface area is 169 Å². The van der Waals surface area contributed by atoms with Crippen LogP contribution in [0.15, 0.2) is 18.2 Å². The standard InChI is InChI=1S/C20H27N3O6/c1-27-10-8-21-17(24)12-23-9-7-20(6-5-18(23)25)13-22-19(26)15-11-14(28-2)3-4-16(15)29-20/h3-4,11H,5-10,12-13H2,1-2H3,(H,21,24)(H,22,26). The van der Waals surface area contributed by atoms with Gasteiger partial charge in [-0.1, -0.05) is 0 Å². The molecule has 3 rings (SSSR count). The maximum atomic E-state index is 12.5. The predicted octanol–water partition coefficient (Wildman–Crippen LogP) is 0.331. The van der Waals surface area contributed by atoms with Crippen LogP contribution < -0.4 is 20.1 Å². The van der Waals surface area contributed by atoms with Crippen LogP contribution in [0.4, 0.5) is 0 Å². The SMILES string of the molecule is COCCNC(=O)CN1CCC2(CCC1=O)CNC(=O)c1cc(OC)ccc1O2. The van der Waals surface area contributed by atoms with Crippen molar-refractivity contribution in [3.63, 3.8) is 0 Å². The lowest BCUT2D eigenvalue weighted by Crippen LogP contribution is -2.46. The predicted molar refractivity (Wildman–Crippen MR) is 104 cm³/mol. The van der Waals surface area contributed by atoms with E-state index in [0.29, 0.717) is 56.1 Å². The summed E-state index contributed by atoms with van der Waals surface area (Å²) < 4.78 is 16.4. The molecule has 9 nitrogen and oxygen atoms in total. The van der Waals surface area contributed by atoms with Gasteiger partial charge in [0.05, 0.1) is 32.4 Å². The summed E-state index contributed by atoms with van der Waals surface area (Å²) in [7, 11) is 3.10. The number of amides is 3. The summed E-state index contributed by atoms with van der Waals surface area (Å²) in [4.78, 5) is 38.7. The molecule has 2 heterocycles. The third kappa shape index (κ3) is 4.97. The van der Waals surface area contributed by atoms with E-state index in [4.69, 9.17) is 14.2 Å². The van der Waals surface area contributed by atoms with Gasteiger partial charge in [-0.15, -0.1) is 0 Å². The molecule has 2 N–H and O–H groups in total. The first-order valence-corrected chi connectivity index (χ1v) is 9.65. The molecule has 1 unspecified atom stereocenters. The molecule has 9 heteroatoms. The highest BCUT2D eigenvalue weighted by Gasteiger charge is 2.40. The first-order chi connectivity index (χ1) is 14.0. The van der Waals surface area contributed by atoms with Crippen molar-refractivity contribution in [1.82, 2.24) is 15.5 Å². The van der Waals surface area contributed by atoms with Crippen molar-refractivity contribution in [3.05, 3.63) is 23.8 Å². The molecule has 1 spiro atoms. The normalized spacial score (nSPS) is 21.5. The Balaban J connectivity index is 1.70. The van der Waals surface area contributed by atoms with Gasteiger partial charge in [-0.05, 0) is 24.6 Å². The molecule has 0 aliphatic carbocycles. The number of ether oxygens (including phenoxy) is 3. The zero-order chi connectivity index (χ0) is 20.9. The minimum Gasteiger partial charge on any atom is -0.497 e. The van der Waals surface area contributed by atoms with E-state index in [2.05, 4.69) is 10.6 Å². The molecule has 2 aliphatic heterocycles. The molecule has 3 amide bonds. The Morgan fingerprint density at radius 1 is 1.31 bits per heavy atom. The van der Waals surface area contributed by atoms with E-state index in [0.717, 1.165) is 0 Å². The van der Waals surface area contributed by atoms with Gasteiger partial charge in [-0.3, -0.25) is 14.4 Å². The lowest BCUT2D eigenvalue weighted by atomic mass is 9.94. The van der Waals surface area contributed by atoms with Crippen molar-refractivity contribution in [2.75, 3.05) is 47.0 Å². The molecule has 1 saturated heterocycles. The van der Waals surface area contributed by atoms with Crippen molar-refractivity contribution < 1.29 is 28.6 Å². The molecule has 1 aromatic carbocycles. The summed E-state index contributed by atoms with van der Waals surface area (Å²) in [6.45, 7) is 1.48. The first kappa shape index (κ1) is 20.9. The van der Waals surface area contributed by atoms with Gasteiger partial charge in [0, 0.05) is 33.0 Å². The van der Waals surface area contributed by atoms with Crippen LogP contribution in [0.3, 0.4) is 0 Å². The second-order valence-electron chi connectivity index (χ2n) is 7.24. The third-order valence-corrected chi connectivity index (χ3v) is 5.28. The average Bonchev–Trinajstić information content (AvgIpc) is 2.95. The quantitative estimate of drug-likeness (QED) is 0.661. The van der Waals surface area contributed by atoms with Gasteiger partial charge in [0.15, 0.2) is 0 Å². The minimum absolute atomic E-state index is 0.00122. The molecule has 0 bridgehead atoms. The number of benzene rings is 1. The van der Waals surface area contributed by atoms with Crippen LogP contribution in [0.25, 0.3) is 0 Å². The second-order valence-corrected chi connectivity index (χ2v) is 7.24. The highest BCUT2D eigenvalue weighted by Crippen LogP contribution is 2.34. The van der Waals surface area contributed by atoms with Gasteiger partial charge in [-0.2, -0.15) is 0 Å². The Kier molecular flexibility index (Phi) is 6.58. The van der Waals surface area contributed by atoms with E-state index in [9.17, 15) is 14.4 Å². The molecule has 0 radical (unpaired) electrons. The highest BCUT2D eigenvalue weighted by molar-refractivity contribution is 5.97. The van der Waals surface area contributed by atoms with E-state index in [1.54, 1.807) is 30.2 Å². The van der Waals surface area contributed by atoms with Crippen LogP contribution in [0, 0.1) is 0 Å². The molecule has 29 heavy (non-hydrogen) atoms. The van der Waals surface area contributed by atoms with Gasteiger partial charge in [-0.25, -0.2) is 0 Å². The fraction of sp³-hybridized carbons (Fsp3) is 0.550. The number of nitrogens with one attached hydrogen (secondary N) is 2. The number of carbonyl (C=O) groups excluding carboxylic acids is 3. The monoisotopic (exact) mass is 405 g/mol. The zero-order valence-corrected chi connectivity index (χ0v) is 16.8. The highest BCUT2D eigenvalue weighted by atomic mass is 16.5. The number of hydrogen-bond donors (Lipinski definition) is 2. The minimum atomic E-state index is -0.702. The number of nitrogens with zero attached hydrogens (tertiary/aromatic N) is 1. The van der Waals surface area contributed by atoms with E-state index in [1.165, 1.54) is 7.11 Å². The Morgan fingerprint density at radius 2 is 2.14 bits per heavy atom. The molecular formula is C20H27N3O6. The first-order valence-electron chi connectivity index (χ1n) is 9.65.